The van der Waals surface area contributed by atoms with Crippen LogP contribution >= 0.6 is 0 Å². The molecule has 1 unspecified atom stereocenters. The van der Waals surface area contributed by atoms with E-state index in [0.29, 0.717) is 6.04 Å². The zero-order valence-corrected chi connectivity index (χ0v) is 12.1. The lowest BCUT2D eigenvalue weighted by atomic mass is 10.0. The molecule has 1 aromatic rings. The van der Waals surface area contributed by atoms with Gasteiger partial charge in [0.05, 0.1) is 21.1 Å². The number of quaternary nitrogens is 1. The standard InChI is InChI=1S/C13H20N.HI/c1-5-9-13(14(2,3)4)12-10-7-6-8-11-12;/h5-11,13H,1-4H3;1H/q+1;/p-1. The second-order valence-corrected chi connectivity index (χ2v) is 4.50. The van der Waals surface area contributed by atoms with Gasteiger partial charge in [-0.1, -0.05) is 36.4 Å². The predicted molar refractivity (Wildman–Crippen MR) is 62.0 cm³/mol. The molecule has 0 saturated heterocycles. The maximum absolute atomic E-state index is 2.26. The van der Waals surface area contributed by atoms with Gasteiger partial charge in [0.1, 0.15) is 6.04 Å². The van der Waals surface area contributed by atoms with Gasteiger partial charge >= 0.3 is 0 Å². The second-order valence-electron chi connectivity index (χ2n) is 4.50. The van der Waals surface area contributed by atoms with Crippen LogP contribution in [0.25, 0.3) is 0 Å². The third kappa shape index (κ3) is 4.34. The van der Waals surface area contributed by atoms with E-state index in [1.807, 2.05) is 0 Å². The number of benzene rings is 1. The summed E-state index contributed by atoms with van der Waals surface area (Å²) in [5, 5.41) is 0. The van der Waals surface area contributed by atoms with Crippen molar-refractivity contribution in [2.24, 2.45) is 0 Å². The highest BCUT2D eigenvalue weighted by atomic mass is 127. The van der Waals surface area contributed by atoms with Crippen LogP contribution in [0.1, 0.15) is 18.5 Å². The van der Waals surface area contributed by atoms with Crippen LogP contribution in [-0.4, -0.2) is 25.6 Å². The zero-order chi connectivity index (χ0) is 10.6. The highest BCUT2D eigenvalue weighted by Crippen LogP contribution is 2.24. The van der Waals surface area contributed by atoms with Crippen molar-refractivity contribution < 1.29 is 28.5 Å². The monoisotopic (exact) mass is 317 g/mol. The van der Waals surface area contributed by atoms with Crippen molar-refractivity contribution in [3.05, 3.63) is 48.0 Å². The maximum Gasteiger partial charge on any atom is 0.133 e. The molecule has 1 atom stereocenters. The Balaban J connectivity index is 0.00000196. The van der Waals surface area contributed by atoms with Gasteiger partial charge in [0.15, 0.2) is 0 Å². The fourth-order valence-electron chi connectivity index (χ4n) is 1.65. The molecular weight excluding hydrogens is 297 g/mol. The molecule has 1 rings (SSSR count). The van der Waals surface area contributed by atoms with Crippen LogP contribution in [0.15, 0.2) is 42.5 Å². The molecular formula is C13H20IN. The predicted octanol–water partition coefficient (Wildman–Crippen LogP) is 0.0140. The number of halogens is 1. The minimum Gasteiger partial charge on any atom is -1.00 e. The largest absolute Gasteiger partial charge is 1.00 e. The van der Waals surface area contributed by atoms with Crippen LogP contribution < -0.4 is 24.0 Å². The third-order valence-electron chi connectivity index (χ3n) is 2.35. The molecule has 84 valence electrons. The Kier molecular flexibility index (Phi) is 6.13. The number of hydrogen-bond donors (Lipinski definition) is 0. The Morgan fingerprint density at radius 1 is 1.07 bits per heavy atom. The number of hydrogen-bond acceptors (Lipinski definition) is 0. The van der Waals surface area contributed by atoms with E-state index in [-0.39, 0.29) is 24.0 Å². The number of nitrogens with zero attached hydrogens (tertiary/aromatic N) is 1. The lowest BCUT2D eigenvalue weighted by Gasteiger charge is -2.32. The van der Waals surface area contributed by atoms with Crippen molar-refractivity contribution in [2.45, 2.75) is 13.0 Å². The first-order valence-electron chi connectivity index (χ1n) is 5.04. The average Bonchev–Trinajstić information content (AvgIpc) is 2.14. The van der Waals surface area contributed by atoms with Gasteiger partial charge in [0.2, 0.25) is 0 Å². The average molecular weight is 317 g/mol. The Bertz CT molecular complexity index is 298. The Morgan fingerprint density at radius 3 is 2.00 bits per heavy atom. The molecule has 0 radical (unpaired) electrons. The summed E-state index contributed by atoms with van der Waals surface area (Å²) < 4.78 is 0.925. The molecule has 15 heavy (non-hydrogen) atoms. The Labute approximate surface area is 110 Å². The first-order valence-corrected chi connectivity index (χ1v) is 5.04. The molecule has 0 saturated carbocycles. The first-order chi connectivity index (χ1) is 6.55. The summed E-state index contributed by atoms with van der Waals surface area (Å²) in [7, 11) is 6.66. The summed E-state index contributed by atoms with van der Waals surface area (Å²) >= 11 is 0. The molecule has 0 N–H and O–H groups in total. The molecule has 2 heteroatoms. The van der Waals surface area contributed by atoms with E-state index in [0.717, 1.165) is 4.48 Å². The lowest BCUT2D eigenvalue weighted by Crippen LogP contribution is -3.00. The van der Waals surface area contributed by atoms with E-state index >= 15 is 0 Å². The van der Waals surface area contributed by atoms with E-state index in [1.165, 1.54) is 5.56 Å². The number of rotatable bonds is 3. The van der Waals surface area contributed by atoms with Crippen LogP contribution in [0.4, 0.5) is 0 Å². The van der Waals surface area contributed by atoms with Crippen molar-refractivity contribution in [1.29, 1.82) is 0 Å². The first kappa shape index (κ1) is 14.6. The van der Waals surface area contributed by atoms with Crippen molar-refractivity contribution in [1.82, 2.24) is 0 Å². The lowest BCUT2D eigenvalue weighted by molar-refractivity contribution is -0.895. The maximum atomic E-state index is 2.26. The minimum atomic E-state index is 0. The van der Waals surface area contributed by atoms with E-state index in [2.05, 4.69) is 70.6 Å². The normalized spacial score (nSPS) is 13.6. The minimum absolute atomic E-state index is 0. The van der Waals surface area contributed by atoms with Gasteiger partial charge < -0.3 is 28.5 Å². The van der Waals surface area contributed by atoms with Gasteiger partial charge in [-0.05, 0) is 13.0 Å². The summed E-state index contributed by atoms with van der Waals surface area (Å²) in [6.45, 7) is 2.08. The van der Waals surface area contributed by atoms with E-state index < -0.39 is 0 Å². The van der Waals surface area contributed by atoms with E-state index in [4.69, 9.17) is 0 Å². The zero-order valence-electron chi connectivity index (χ0n) is 9.94. The van der Waals surface area contributed by atoms with Crippen LogP contribution in [0, 0.1) is 0 Å². The molecule has 0 amide bonds. The fourth-order valence-corrected chi connectivity index (χ4v) is 1.65. The van der Waals surface area contributed by atoms with Gasteiger partial charge in [-0.2, -0.15) is 0 Å². The van der Waals surface area contributed by atoms with Gasteiger partial charge in [-0.15, -0.1) is 0 Å². The van der Waals surface area contributed by atoms with E-state index in [1.54, 1.807) is 0 Å². The van der Waals surface area contributed by atoms with Gasteiger partial charge in [-0.3, -0.25) is 0 Å². The molecule has 0 aromatic heterocycles. The summed E-state index contributed by atoms with van der Waals surface area (Å²) in [6, 6.07) is 11.1. The van der Waals surface area contributed by atoms with Gasteiger partial charge in [0, 0.05) is 5.56 Å². The molecule has 0 spiro atoms. The topological polar surface area (TPSA) is 0 Å². The van der Waals surface area contributed by atoms with Crippen molar-refractivity contribution in [3.8, 4) is 0 Å². The molecule has 0 aliphatic carbocycles. The summed E-state index contributed by atoms with van der Waals surface area (Å²) in [6.07, 6.45) is 4.39. The smallest absolute Gasteiger partial charge is 0.133 e. The number of likely N-dealkylation sites (N-methyl/N-ethyl adjacent to an activating group) is 1. The molecule has 0 bridgehead atoms. The van der Waals surface area contributed by atoms with Crippen molar-refractivity contribution >= 4 is 0 Å². The molecule has 0 aliphatic rings. The van der Waals surface area contributed by atoms with Crippen molar-refractivity contribution in [3.63, 3.8) is 0 Å². The molecule has 0 fully saturated rings. The molecule has 1 nitrogen and oxygen atoms in total. The van der Waals surface area contributed by atoms with Crippen LogP contribution in [-0.2, 0) is 0 Å². The van der Waals surface area contributed by atoms with E-state index in [9.17, 15) is 0 Å². The third-order valence-corrected chi connectivity index (χ3v) is 2.35. The summed E-state index contributed by atoms with van der Waals surface area (Å²) in [5.41, 5.74) is 1.37. The van der Waals surface area contributed by atoms with Gasteiger partial charge in [0.25, 0.3) is 0 Å². The van der Waals surface area contributed by atoms with Crippen LogP contribution in [0.2, 0.25) is 0 Å². The SMILES string of the molecule is CC=CC(c1ccccc1)[N+](C)(C)C.[I-]. The molecule has 1 aromatic carbocycles. The fraction of sp³-hybridized carbons (Fsp3) is 0.385. The Hall–Kier alpha value is -0.350. The van der Waals surface area contributed by atoms with Crippen molar-refractivity contribution in [2.75, 3.05) is 21.1 Å². The number of allylic oxidation sites excluding steroid dienone is 1. The summed E-state index contributed by atoms with van der Waals surface area (Å²) in [4.78, 5) is 0. The molecule has 0 heterocycles. The Morgan fingerprint density at radius 2 is 1.60 bits per heavy atom. The van der Waals surface area contributed by atoms with Gasteiger partial charge in [-0.25, -0.2) is 0 Å². The molecule has 0 aliphatic heterocycles. The highest BCUT2D eigenvalue weighted by Gasteiger charge is 2.21. The van der Waals surface area contributed by atoms with Crippen LogP contribution in [0.5, 0.6) is 0 Å². The quantitative estimate of drug-likeness (QED) is 0.419. The highest BCUT2D eigenvalue weighted by molar-refractivity contribution is 5.21. The second kappa shape index (κ2) is 6.28. The van der Waals surface area contributed by atoms with Crippen LogP contribution in [0.3, 0.4) is 0 Å². The summed E-state index contributed by atoms with van der Waals surface area (Å²) in [5.74, 6) is 0.